The minimum absolute atomic E-state index is 0.0281. The molecule has 0 spiro atoms. The number of rotatable bonds is 9. The highest BCUT2D eigenvalue weighted by atomic mass is 16.4. The van der Waals surface area contributed by atoms with E-state index in [4.69, 9.17) is 15.9 Å². The van der Waals surface area contributed by atoms with Crippen LogP contribution in [-0.4, -0.2) is 56.5 Å². The van der Waals surface area contributed by atoms with Gasteiger partial charge in [-0.15, -0.1) is 0 Å². The third kappa shape index (κ3) is 5.07. The van der Waals surface area contributed by atoms with E-state index in [-0.39, 0.29) is 18.6 Å². The van der Waals surface area contributed by atoms with Gasteiger partial charge in [0.1, 0.15) is 11.9 Å². The molecule has 0 aromatic heterocycles. The van der Waals surface area contributed by atoms with Crippen LogP contribution in [0.1, 0.15) is 26.2 Å². The number of ketones is 1. The minimum atomic E-state index is -2.31. The maximum absolute atomic E-state index is 11.0. The molecule has 7 nitrogen and oxygen atoms in total. The third-order valence-corrected chi connectivity index (χ3v) is 2.84. The van der Waals surface area contributed by atoms with E-state index < -0.39 is 30.3 Å². The van der Waals surface area contributed by atoms with Gasteiger partial charge in [0.2, 0.25) is 0 Å². The van der Waals surface area contributed by atoms with Crippen molar-refractivity contribution in [1.29, 1.82) is 0 Å². The second-order valence-corrected chi connectivity index (χ2v) is 4.32. The van der Waals surface area contributed by atoms with Crippen LogP contribution in [0.5, 0.6) is 0 Å². The van der Waals surface area contributed by atoms with Gasteiger partial charge < -0.3 is 26.2 Å². The molecule has 3 unspecified atom stereocenters. The van der Waals surface area contributed by atoms with Crippen LogP contribution >= 0.6 is 0 Å². The van der Waals surface area contributed by atoms with Crippen LogP contribution in [0.2, 0.25) is 0 Å². The fraction of sp³-hybridized carbons (Fsp3) is 0.667. The van der Waals surface area contributed by atoms with Crippen LogP contribution < -0.4 is 5.73 Å². The first kappa shape index (κ1) is 17.7. The molecule has 0 aliphatic rings. The lowest BCUT2D eigenvalue weighted by Gasteiger charge is -2.30. The molecule has 0 aromatic carbocycles. The first-order valence-electron chi connectivity index (χ1n) is 5.95. The van der Waals surface area contributed by atoms with Crippen LogP contribution in [0.15, 0.2) is 12.2 Å². The van der Waals surface area contributed by atoms with Crippen molar-refractivity contribution < 1.29 is 30.0 Å². The lowest BCUT2D eigenvalue weighted by molar-refractivity contribution is -0.154. The maximum Gasteiger partial charge on any atom is 0.328 e. The number of Topliss-reactive ketones (excluding diaryl/α,β-unsaturated/α-hetero) is 1. The molecule has 0 aromatic rings. The second-order valence-electron chi connectivity index (χ2n) is 4.32. The molecule has 0 saturated carbocycles. The summed E-state index contributed by atoms with van der Waals surface area (Å²) >= 11 is 0. The fourth-order valence-corrected chi connectivity index (χ4v) is 1.35. The average molecular weight is 275 g/mol. The summed E-state index contributed by atoms with van der Waals surface area (Å²) in [4.78, 5) is 21.8. The molecule has 0 fully saturated rings. The molecule has 0 amide bonds. The Balaban J connectivity index is 4.45. The zero-order valence-electron chi connectivity index (χ0n) is 10.8. The van der Waals surface area contributed by atoms with Gasteiger partial charge in [-0.05, 0) is 6.42 Å². The number of carbonyl (C=O) groups is 2. The highest BCUT2D eigenvalue weighted by Gasteiger charge is 2.44. The van der Waals surface area contributed by atoms with E-state index in [1.807, 2.05) is 0 Å². The number of aliphatic hydroxyl groups is 3. The van der Waals surface area contributed by atoms with Crippen LogP contribution in [0.25, 0.3) is 0 Å². The molecule has 7 heteroatoms. The van der Waals surface area contributed by atoms with Gasteiger partial charge in [0.05, 0.1) is 12.7 Å². The Bertz CT molecular complexity index is 343. The summed E-state index contributed by atoms with van der Waals surface area (Å²) in [6, 6.07) is 0. The SMILES string of the molecule is CCC(=O)C/C=C/CC(O)C(O)C(N)(CO)C(=O)O. The molecule has 110 valence electrons. The summed E-state index contributed by atoms with van der Waals surface area (Å²) in [7, 11) is 0. The fourth-order valence-electron chi connectivity index (χ4n) is 1.35. The monoisotopic (exact) mass is 275 g/mol. The van der Waals surface area contributed by atoms with E-state index >= 15 is 0 Å². The molecule has 3 atom stereocenters. The summed E-state index contributed by atoms with van der Waals surface area (Å²) in [6.45, 7) is 0.726. The summed E-state index contributed by atoms with van der Waals surface area (Å²) in [5, 5.41) is 37.0. The number of hydrogen-bond acceptors (Lipinski definition) is 6. The number of carboxylic acid groups (broad SMARTS) is 1. The zero-order chi connectivity index (χ0) is 15.1. The molecule has 0 radical (unpaired) electrons. The summed E-state index contributed by atoms with van der Waals surface area (Å²) in [6.07, 6.45) is 0.282. The van der Waals surface area contributed by atoms with E-state index in [1.54, 1.807) is 6.92 Å². The summed E-state index contributed by atoms with van der Waals surface area (Å²) in [5.74, 6) is -1.58. The molecule has 0 aliphatic carbocycles. The predicted molar refractivity (Wildman–Crippen MR) is 67.3 cm³/mol. The van der Waals surface area contributed by atoms with Gasteiger partial charge in [-0.1, -0.05) is 19.1 Å². The smallest absolute Gasteiger partial charge is 0.328 e. The topological polar surface area (TPSA) is 141 Å². The minimum Gasteiger partial charge on any atom is -0.480 e. The van der Waals surface area contributed by atoms with Crippen molar-refractivity contribution in [2.75, 3.05) is 6.61 Å². The van der Waals surface area contributed by atoms with E-state index in [0.717, 1.165) is 0 Å². The first-order valence-corrected chi connectivity index (χ1v) is 5.95. The van der Waals surface area contributed by atoms with E-state index in [0.29, 0.717) is 6.42 Å². The lowest BCUT2D eigenvalue weighted by Crippen LogP contribution is -2.63. The maximum atomic E-state index is 11.0. The molecule has 0 aliphatic heterocycles. The summed E-state index contributed by atoms with van der Waals surface area (Å²) in [5.41, 5.74) is 3.01. The standard InChI is InChI=1S/C12H21NO6/c1-2-8(15)5-3-4-6-9(16)10(17)12(13,7-14)11(18)19/h3-4,9-10,14,16-17H,2,5-7,13H2,1H3,(H,18,19)/b4-3+. The van der Waals surface area contributed by atoms with Crippen molar-refractivity contribution in [1.82, 2.24) is 0 Å². The third-order valence-electron chi connectivity index (χ3n) is 2.84. The van der Waals surface area contributed by atoms with Gasteiger partial charge in [-0.3, -0.25) is 9.59 Å². The number of hydrogen-bond donors (Lipinski definition) is 5. The van der Waals surface area contributed by atoms with Gasteiger partial charge in [0.15, 0.2) is 5.54 Å². The number of carbonyl (C=O) groups excluding carboxylic acids is 1. The molecule has 0 rings (SSSR count). The van der Waals surface area contributed by atoms with E-state index in [1.165, 1.54) is 12.2 Å². The average Bonchev–Trinajstić information content (AvgIpc) is 2.40. The van der Waals surface area contributed by atoms with Crippen LogP contribution in [0.4, 0.5) is 0 Å². The van der Waals surface area contributed by atoms with Crippen LogP contribution in [-0.2, 0) is 9.59 Å². The Morgan fingerprint density at radius 1 is 1.32 bits per heavy atom. The van der Waals surface area contributed by atoms with Crippen molar-refractivity contribution in [3.05, 3.63) is 12.2 Å². The number of aliphatic carboxylic acids is 1. The van der Waals surface area contributed by atoms with Gasteiger partial charge in [0.25, 0.3) is 0 Å². The number of aliphatic hydroxyl groups excluding tert-OH is 3. The van der Waals surface area contributed by atoms with Crippen molar-refractivity contribution in [2.24, 2.45) is 5.73 Å². The Hall–Kier alpha value is -1.28. The first-order chi connectivity index (χ1) is 8.79. The molecule has 0 bridgehead atoms. The van der Waals surface area contributed by atoms with Gasteiger partial charge >= 0.3 is 5.97 Å². The molecular weight excluding hydrogens is 254 g/mol. The lowest BCUT2D eigenvalue weighted by atomic mass is 9.89. The Kier molecular flexibility index (Phi) is 7.47. The highest BCUT2D eigenvalue weighted by Crippen LogP contribution is 2.14. The molecule has 6 N–H and O–H groups in total. The Morgan fingerprint density at radius 3 is 2.32 bits per heavy atom. The second kappa shape index (κ2) is 8.00. The van der Waals surface area contributed by atoms with Crippen molar-refractivity contribution in [2.45, 2.75) is 43.9 Å². The largest absolute Gasteiger partial charge is 0.480 e. The van der Waals surface area contributed by atoms with Gasteiger partial charge in [-0.25, -0.2) is 0 Å². The summed E-state index contributed by atoms with van der Waals surface area (Å²) < 4.78 is 0. The highest BCUT2D eigenvalue weighted by molar-refractivity contribution is 5.80. The molecule has 0 saturated heterocycles. The molecular formula is C12H21NO6. The molecule has 0 heterocycles. The predicted octanol–water partition coefficient (Wildman–Crippen LogP) is -1.20. The van der Waals surface area contributed by atoms with Crippen LogP contribution in [0, 0.1) is 0 Å². The van der Waals surface area contributed by atoms with E-state index in [2.05, 4.69) is 0 Å². The quantitative estimate of drug-likeness (QED) is 0.333. The zero-order valence-corrected chi connectivity index (χ0v) is 10.8. The number of allylic oxidation sites excluding steroid dienone is 1. The van der Waals surface area contributed by atoms with Crippen LogP contribution in [0.3, 0.4) is 0 Å². The van der Waals surface area contributed by atoms with Crippen molar-refractivity contribution in [3.8, 4) is 0 Å². The normalized spacial score (nSPS) is 17.9. The van der Waals surface area contributed by atoms with E-state index in [9.17, 15) is 19.8 Å². The Labute approximate surface area is 111 Å². The van der Waals surface area contributed by atoms with Gasteiger partial charge in [-0.2, -0.15) is 0 Å². The molecule has 19 heavy (non-hydrogen) atoms. The van der Waals surface area contributed by atoms with Crippen molar-refractivity contribution in [3.63, 3.8) is 0 Å². The van der Waals surface area contributed by atoms with Crippen molar-refractivity contribution >= 4 is 11.8 Å². The Morgan fingerprint density at radius 2 is 1.89 bits per heavy atom. The number of carboxylic acids is 1. The van der Waals surface area contributed by atoms with Gasteiger partial charge in [0, 0.05) is 12.8 Å². The number of nitrogens with two attached hydrogens (primary N) is 1.